The molecule has 1 saturated heterocycles. The third-order valence-electron chi connectivity index (χ3n) is 4.50. The van der Waals surface area contributed by atoms with Gasteiger partial charge >= 0.3 is 0 Å². The molecular formula is C12H18N2O2. The number of hydrogen-bond acceptors (Lipinski definition) is 3. The maximum atomic E-state index is 12.1. The van der Waals surface area contributed by atoms with Crippen LogP contribution in [0.25, 0.3) is 0 Å². The van der Waals surface area contributed by atoms with E-state index in [2.05, 4.69) is 0 Å². The van der Waals surface area contributed by atoms with Crippen molar-refractivity contribution in [3.05, 3.63) is 0 Å². The molecule has 3 fully saturated rings. The number of rotatable bonds is 2. The summed E-state index contributed by atoms with van der Waals surface area (Å²) in [4.78, 5) is 25.7. The van der Waals surface area contributed by atoms with Gasteiger partial charge in [0.05, 0.1) is 17.4 Å². The molecule has 2 aliphatic carbocycles. The van der Waals surface area contributed by atoms with Crippen molar-refractivity contribution in [2.24, 2.45) is 17.6 Å². The van der Waals surface area contributed by atoms with Gasteiger partial charge in [0.2, 0.25) is 11.8 Å². The van der Waals surface area contributed by atoms with Crippen molar-refractivity contribution in [2.45, 2.75) is 44.1 Å². The third kappa shape index (κ3) is 1.19. The van der Waals surface area contributed by atoms with Crippen LogP contribution >= 0.6 is 0 Å². The summed E-state index contributed by atoms with van der Waals surface area (Å²) in [6, 6.07) is 0. The number of nitrogens with zero attached hydrogens (tertiary/aromatic N) is 1. The standard InChI is InChI=1S/C12H18N2O2/c13-7-12(4-2-1-3-5-12)14-10(15)8-6-9(8)11(14)16/h8-9H,1-7,13H2. The van der Waals surface area contributed by atoms with Gasteiger partial charge in [0, 0.05) is 6.54 Å². The molecule has 2 N–H and O–H groups in total. The largest absolute Gasteiger partial charge is 0.328 e. The number of likely N-dealkylation sites (tertiary alicyclic amines) is 1. The van der Waals surface area contributed by atoms with Crippen molar-refractivity contribution in [1.82, 2.24) is 4.90 Å². The first-order chi connectivity index (χ1) is 7.69. The lowest BCUT2D eigenvalue weighted by atomic mass is 9.80. The normalized spacial score (nSPS) is 36.4. The monoisotopic (exact) mass is 222 g/mol. The van der Waals surface area contributed by atoms with Crippen LogP contribution in [-0.4, -0.2) is 28.8 Å². The number of hydrogen-bond donors (Lipinski definition) is 1. The van der Waals surface area contributed by atoms with E-state index in [1.807, 2.05) is 0 Å². The number of carbonyl (C=O) groups excluding carboxylic acids is 2. The third-order valence-corrected chi connectivity index (χ3v) is 4.50. The van der Waals surface area contributed by atoms with Gasteiger partial charge in [-0.2, -0.15) is 0 Å². The highest BCUT2D eigenvalue weighted by molar-refractivity contribution is 6.09. The number of carbonyl (C=O) groups is 2. The summed E-state index contributed by atoms with van der Waals surface area (Å²) in [6.07, 6.45) is 5.97. The van der Waals surface area contributed by atoms with Crippen molar-refractivity contribution < 1.29 is 9.59 Å². The number of nitrogens with two attached hydrogens (primary N) is 1. The van der Waals surface area contributed by atoms with Crippen LogP contribution in [0, 0.1) is 11.8 Å². The molecule has 0 radical (unpaired) electrons. The van der Waals surface area contributed by atoms with E-state index >= 15 is 0 Å². The molecule has 0 aromatic carbocycles. The van der Waals surface area contributed by atoms with Crippen LogP contribution in [0.3, 0.4) is 0 Å². The average molecular weight is 222 g/mol. The fraction of sp³-hybridized carbons (Fsp3) is 0.833. The lowest BCUT2D eigenvalue weighted by Gasteiger charge is -2.43. The van der Waals surface area contributed by atoms with Crippen molar-refractivity contribution in [2.75, 3.05) is 6.54 Å². The summed E-state index contributed by atoms with van der Waals surface area (Å²) in [5, 5.41) is 0. The second-order valence-corrected chi connectivity index (χ2v) is 5.45. The van der Waals surface area contributed by atoms with Gasteiger partial charge in [-0.3, -0.25) is 14.5 Å². The first kappa shape index (κ1) is 10.3. The van der Waals surface area contributed by atoms with E-state index in [4.69, 9.17) is 5.73 Å². The van der Waals surface area contributed by atoms with E-state index < -0.39 is 0 Å². The number of fused-ring (bicyclic) bond motifs is 1. The zero-order valence-electron chi connectivity index (χ0n) is 9.45. The van der Waals surface area contributed by atoms with Gasteiger partial charge in [-0.05, 0) is 19.3 Å². The highest BCUT2D eigenvalue weighted by atomic mass is 16.2. The Kier molecular flexibility index (Phi) is 2.11. The summed E-state index contributed by atoms with van der Waals surface area (Å²) in [7, 11) is 0. The topological polar surface area (TPSA) is 63.4 Å². The average Bonchev–Trinajstić information content (AvgIpc) is 3.05. The van der Waals surface area contributed by atoms with Crippen LogP contribution in [0.1, 0.15) is 38.5 Å². The second-order valence-electron chi connectivity index (χ2n) is 5.45. The van der Waals surface area contributed by atoms with Crippen LogP contribution in [0.15, 0.2) is 0 Å². The highest BCUT2D eigenvalue weighted by Crippen LogP contribution is 2.51. The van der Waals surface area contributed by atoms with E-state index in [1.165, 1.54) is 6.42 Å². The van der Waals surface area contributed by atoms with Crippen LogP contribution in [0.5, 0.6) is 0 Å². The van der Waals surface area contributed by atoms with Gasteiger partial charge in [0.15, 0.2) is 0 Å². The smallest absolute Gasteiger partial charge is 0.233 e. The van der Waals surface area contributed by atoms with E-state index in [0.717, 1.165) is 32.1 Å². The molecule has 88 valence electrons. The van der Waals surface area contributed by atoms with Crippen molar-refractivity contribution in [1.29, 1.82) is 0 Å². The predicted octanol–water partition coefficient (Wildman–Crippen LogP) is 0.653. The summed E-state index contributed by atoms with van der Waals surface area (Å²) >= 11 is 0. The molecule has 2 saturated carbocycles. The van der Waals surface area contributed by atoms with E-state index in [0.29, 0.717) is 6.54 Å². The molecule has 16 heavy (non-hydrogen) atoms. The number of amides is 2. The number of piperidine rings is 1. The Bertz CT molecular complexity index is 327. The summed E-state index contributed by atoms with van der Waals surface area (Å²) in [5.41, 5.74) is 5.52. The molecular weight excluding hydrogens is 204 g/mol. The summed E-state index contributed by atoms with van der Waals surface area (Å²) < 4.78 is 0. The molecule has 2 atom stereocenters. The van der Waals surface area contributed by atoms with Crippen molar-refractivity contribution >= 4 is 11.8 Å². The molecule has 0 aromatic rings. The van der Waals surface area contributed by atoms with Gasteiger partial charge in [-0.25, -0.2) is 0 Å². The Hall–Kier alpha value is -0.900. The summed E-state index contributed by atoms with van der Waals surface area (Å²) in [5.74, 6) is 0.139. The van der Waals surface area contributed by atoms with E-state index in [-0.39, 0.29) is 29.2 Å². The Balaban J connectivity index is 1.89. The molecule has 0 aromatic heterocycles. The van der Waals surface area contributed by atoms with Gasteiger partial charge in [-0.15, -0.1) is 0 Å². The molecule has 2 unspecified atom stereocenters. The van der Waals surface area contributed by atoms with Gasteiger partial charge in [0.25, 0.3) is 0 Å². The molecule has 3 rings (SSSR count). The van der Waals surface area contributed by atoms with Gasteiger partial charge in [-0.1, -0.05) is 19.3 Å². The Morgan fingerprint density at radius 3 is 2.19 bits per heavy atom. The van der Waals surface area contributed by atoms with Crippen LogP contribution < -0.4 is 5.73 Å². The van der Waals surface area contributed by atoms with Crippen LogP contribution in [0.2, 0.25) is 0 Å². The fourth-order valence-electron chi connectivity index (χ4n) is 3.38. The summed E-state index contributed by atoms with van der Waals surface area (Å²) in [6.45, 7) is 0.434. The van der Waals surface area contributed by atoms with Gasteiger partial charge < -0.3 is 5.73 Å². The Morgan fingerprint density at radius 2 is 1.69 bits per heavy atom. The highest BCUT2D eigenvalue weighted by Gasteiger charge is 2.63. The minimum absolute atomic E-state index is 0.0119. The fourth-order valence-corrected chi connectivity index (χ4v) is 3.38. The van der Waals surface area contributed by atoms with Crippen LogP contribution in [-0.2, 0) is 9.59 Å². The minimum atomic E-state index is -0.333. The maximum Gasteiger partial charge on any atom is 0.233 e. The maximum absolute atomic E-state index is 12.1. The van der Waals surface area contributed by atoms with Crippen LogP contribution in [0.4, 0.5) is 0 Å². The molecule has 1 heterocycles. The first-order valence-electron chi connectivity index (χ1n) is 6.28. The molecule has 4 heteroatoms. The Morgan fingerprint density at radius 1 is 1.12 bits per heavy atom. The first-order valence-corrected chi connectivity index (χ1v) is 6.28. The molecule has 4 nitrogen and oxygen atoms in total. The predicted molar refractivity (Wildman–Crippen MR) is 58.3 cm³/mol. The molecule has 3 aliphatic rings. The Labute approximate surface area is 95.2 Å². The molecule has 0 bridgehead atoms. The van der Waals surface area contributed by atoms with E-state index in [1.54, 1.807) is 4.90 Å². The molecule has 1 aliphatic heterocycles. The molecule has 0 spiro atoms. The van der Waals surface area contributed by atoms with Gasteiger partial charge in [0.1, 0.15) is 0 Å². The lowest BCUT2D eigenvalue weighted by molar-refractivity contribution is -0.150. The second kappa shape index (κ2) is 3.29. The van der Waals surface area contributed by atoms with Crippen molar-refractivity contribution in [3.63, 3.8) is 0 Å². The SMILES string of the molecule is NCC1(N2C(=O)C3CC3C2=O)CCCCC1. The van der Waals surface area contributed by atoms with Crippen molar-refractivity contribution in [3.8, 4) is 0 Å². The molecule has 2 amide bonds. The van der Waals surface area contributed by atoms with E-state index in [9.17, 15) is 9.59 Å². The quantitative estimate of drug-likeness (QED) is 0.698. The lowest BCUT2D eigenvalue weighted by Crippen LogP contribution is -2.58. The minimum Gasteiger partial charge on any atom is -0.328 e. The zero-order valence-corrected chi connectivity index (χ0v) is 9.45. The zero-order chi connectivity index (χ0) is 11.3. The number of imide groups is 1.